The molecule has 4 nitrogen and oxygen atoms in total. The number of pyridine rings is 1. The minimum absolute atomic E-state index is 0.693. The van der Waals surface area contributed by atoms with Crippen LogP contribution in [0.15, 0.2) is 116 Å². The van der Waals surface area contributed by atoms with Gasteiger partial charge in [-0.15, -0.1) is 0 Å². The number of fused-ring (bicyclic) bond motifs is 2. The van der Waals surface area contributed by atoms with E-state index < -0.39 is 0 Å². The van der Waals surface area contributed by atoms with Crippen molar-refractivity contribution in [3.8, 4) is 34.0 Å². The summed E-state index contributed by atoms with van der Waals surface area (Å²) in [5.41, 5.74) is 3.27. The number of hydrogen-bond acceptors (Lipinski definition) is 4. The molecule has 0 radical (unpaired) electrons. The van der Waals surface area contributed by atoms with Gasteiger partial charge in [0.25, 0.3) is 0 Å². The highest BCUT2D eigenvalue weighted by Gasteiger charge is 2.17. The molecule has 0 aliphatic heterocycles. The molecule has 4 aromatic carbocycles. The van der Waals surface area contributed by atoms with E-state index in [0.717, 1.165) is 44.2 Å². The van der Waals surface area contributed by atoms with Gasteiger partial charge in [0.1, 0.15) is 11.5 Å². The largest absolute Gasteiger partial charge is 0.456 e. The molecule has 0 fully saturated rings. The number of benzene rings is 4. The summed E-state index contributed by atoms with van der Waals surface area (Å²) in [5.74, 6) is 2.27. The normalized spacial score (nSPS) is 11.0. The van der Waals surface area contributed by atoms with E-state index in [1.54, 1.807) is 12.4 Å². The summed E-state index contributed by atoms with van der Waals surface area (Å²) < 4.78 is 6.52. The molecule has 0 saturated carbocycles. The van der Waals surface area contributed by atoms with Crippen molar-refractivity contribution in [2.45, 2.75) is 0 Å². The number of nitrogens with zero attached hydrogens (tertiary/aromatic N) is 3. The molecule has 2 heterocycles. The molecular formula is C29H19N3O. The zero-order valence-electron chi connectivity index (χ0n) is 17.7. The molecule has 0 amide bonds. The van der Waals surface area contributed by atoms with Crippen molar-refractivity contribution in [3.05, 3.63) is 116 Å². The van der Waals surface area contributed by atoms with E-state index in [1.807, 2.05) is 60.9 Å². The minimum Gasteiger partial charge on any atom is -0.456 e. The van der Waals surface area contributed by atoms with Crippen molar-refractivity contribution in [2.24, 2.45) is 0 Å². The molecule has 0 atom stereocenters. The summed E-state index contributed by atoms with van der Waals surface area (Å²) in [6.07, 6.45) is 7.22. The molecule has 0 unspecified atom stereocenters. The van der Waals surface area contributed by atoms with E-state index in [2.05, 4.69) is 57.4 Å². The molecular weight excluding hydrogens is 406 g/mol. The second kappa shape index (κ2) is 8.17. The van der Waals surface area contributed by atoms with Crippen molar-refractivity contribution in [3.63, 3.8) is 0 Å². The fraction of sp³-hybridized carbons (Fsp3) is 0. The molecule has 0 N–H and O–H groups in total. The Labute approximate surface area is 191 Å². The van der Waals surface area contributed by atoms with Crippen LogP contribution >= 0.6 is 0 Å². The van der Waals surface area contributed by atoms with Gasteiger partial charge in [-0.25, -0.2) is 9.97 Å². The Morgan fingerprint density at radius 1 is 0.515 bits per heavy atom. The Balaban J connectivity index is 1.52. The standard InChI is InChI=1S/C29H19N3O/c1-2-7-20(8-3-1)27-23-9-4-5-10-24(23)28(25-15-18-30-19-26(25)27)33-22-13-11-21(12-14-22)29-31-16-6-17-32-29/h1-19H. The molecule has 0 aliphatic carbocycles. The van der Waals surface area contributed by atoms with Crippen molar-refractivity contribution in [1.82, 2.24) is 15.0 Å². The van der Waals surface area contributed by atoms with Gasteiger partial charge < -0.3 is 4.74 Å². The van der Waals surface area contributed by atoms with Gasteiger partial charge in [0.15, 0.2) is 5.82 Å². The first-order valence-electron chi connectivity index (χ1n) is 10.8. The number of aromatic nitrogens is 3. The number of ether oxygens (including phenoxy) is 1. The summed E-state index contributed by atoms with van der Waals surface area (Å²) >= 11 is 0. The van der Waals surface area contributed by atoms with E-state index in [4.69, 9.17) is 4.74 Å². The highest BCUT2D eigenvalue weighted by Crippen LogP contribution is 2.44. The topological polar surface area (TPSA) is 47.9 Å². The van der Waals surface area contributed by atoms with E-state index >= 15 is 0 Å². The first-order chi connectivity index (χ1) is 16.4. The van der Waals surface area contributed by atoms with E-state index in [-0.39, 0.29) is 0 Å². The lowest BCUT2D eigenvalue weighted by atomic mass is 9.92. The van der Waals surface area contributed by atoms with Gasteiger partial charge in [0.05, 0.1) is 0 Å². The van der Waals surface area contributed by atoms with Crippen LogP contribution in [-0.2, 0) is 0 Å². The van der Waals surface area contributed by atoms with Gasteiger partial charge in [-0.1, -0.05) is 54.6 Å². The van der Waals surface area contributed by atoms with Crippen LogP contribution in [0.4, 0.5) is 0 Å². The van der Waals surface area contributed by atoms with Crippen LogP contribution in [0.5, 0.6) is 11.5 Å². The first kappa shape index (κ1) is 19.1. The fourth-order valence-corrected chi connectivity index (χ4v) is 4.24. The minimum atomic E-state index is 0.693. The third-order valence-corrected chi connectivity index (χ3v) is 5.74. The maximum absolute atomic E-state index is 6.52. The molecule has 2 aromatic heterocycles. The average Bonchev–Trinajstić information content (AvgIpc) is 2.90. The zero-order valence-corrected chi connectivity index (χ0v) is 17.7. The first-order valence-corrected chi connectivity index (χ1v) is 10.8. The lowest BCUT2D eigenvalue weighted by Crippen LogP contribution is -1.93. The van der Waals surface area contributed by atoms with Crippen molar-refractivity contribution < 1.29 is 4.74 Å². The summed E-state index contributed by atoms with van der Waals surface area (Å²) in [4.78, 5) is 13.1. The van der Waals surface area contributed by atoms with Gasteiger partial charge >= 0.3 is 0 Å². The lowest BCUT2D eigenvalue weighted by molar-refractivity contribution is 0.494. The molecule has 0 bridgehead atoms. The lowest BCUT2D eigenvalue weighted by Gasteiger charge is -2.17. The van der Waals surface area contributed by atoms with Crippen LogP contribution < -0.4 is 4.74 Å². The van der Waals surface area contributed by atoms with Gasteiger partial charge in [-0.05, 0) is 52.9 Å². The van der Waals surface area contributed by atoms with Crippen LogP contribution in [-0.4, -0.2) is 15.0 Å². The maximum Gasteiger partial charge on any atom is 0.159 e. The van der Waals surface area contributed by atoms with Crippen LogP contribution in [0.25, 0.3) is 44.1 Å². The Morgan fingerprint density at radius 2 is 1.21 bits per heavy atom. The van der Waals surface area contributed by atoms with Gasteiger partial charge in [-0.2, -0.15) is 0 Å². The van der Waals surface area contributed by atoms with Gasteiger partial charge in [0, 0.05) is 46.5 Å². The van der Waals surface area contributed by atoms with Crippen LogP contribution in [0.3, 0.4) is 0 Å². The Morgan fingerprint density at radius 3 is 2.00 bits per heavy atom. The van der Waals surface area contributed by atoms with Crippen molar-refractivity contribution in [2.75, 3.05) is 0 Å². The summed E-state index contributed by atoms with van der Waals surface area (Å²) in [7, 11) is 0. The highest BCUT2D eigenvalue weighted by atomic mass is 16.5. The van der Waals surface area contributed by atoms with E-state index in [1.165, 1.54) is 5.56 Å². The number of rotatable bonds is 4. The quantitative estimate of drug-likeness (QED) is 0.278. The Kier molecular flexibility index (Phi) is 4.74. The molecule has 0 saturated heterocycles. The summed E-state index contributed by atoms with van der Waals surface area (Å²) in [6, 6.07) is 30.5. The molecule has 6 rings (SSSR count). The molecule has 0 aliphatic rings. The zero-order chi connectivity index (χ0) is 22.0. The highest BCUT2D eigenvalue weighted by molar-refractivity contribution is 6.16. The van der Waals surface area contributed by atoms with Crippen LogP contribution in [0.1, 0.15) is 0 Å². The number of hydrogen-bond donors (Lipinski definition) is 0. The Hall–Kier alpha value is -4.57. The van der Waals surface area contributed by atoms with Gasteiger partial charge in [-0.3, -0.25) is 4.98 Å². The van der Waals surface area contributed by atoms with E-state index in [9.17, 15) is 0 Å². The maximum atomic E-state index is 6.52. The molecule has 33 heavy (non-hydrogen) atoms. The SMILES string of the molecule is c1ccc(-c2c3ccccc3c(Oc3ccc(-c4ncccn4)cc3)c3ccncc23)cc1. The summed E-state index contributed by atoms with van der Waals surface area (Å²) in [5, 5.41) is 4.28. The Bertz CT molecular complexity index is 1510. The smallest absolute Gasteiger partial charge is 0.159 e. The summed E-state index contributed by atoms with van der Waals surface area (Å²) in [6.45, 7) is 0. The van der Waals surface area contributed by atoms with Gasteiger partial charge in [0.2, 0.25) is 0 Å². The predicted octanol–water partition coefficient (Wildman–Crippen LogP) is 7.30. The van der Waals surface area contributed by atoms with Crippen LogP contribution in [0.2, 0.25) is 0 Å². The molecule has 4 heteroatoms. The van der Waals surface area contributed by atoms with Crippen molar-refractivity contribution in [1.29, 1.82) is 0 Å². The third-order valence-electron chi connectivity index (χ3n) is 5.74. The second-order valence-electron chi connectivity index (χ2n) is 7.74. The predicted molar refractivity (Wildman–Crippen MR) is 132 cm³/mol. The fourth-order valence-electron chi connectivity index (χ4n) is 4.24. The molecule has 156 valence electrons. The second-order valence-corrected chi connectivity index (χ2v) is 7.74. The van der Waals surface area contributed by atoms with Crippen molar-refractivity contribution >= 4 is 21.5 Å². The average molecular weight is 425 g/mol. The molecule has 0 spiro atoms. The van der Waals surface area contributed by atoms with Crippen LogP contribution in [0, 0.1) is 0 Å². The molecule has 6 aromatic rings. The third kappa shape index (κ3) is 3.48. The van der Waals surface area contributed by atoms with E-state index in [0.29, 0.717) is 5.82 Å². The monoisotopic (exact) mass is 425 g/mol.